The quantitative estimate of drug-likeness (QED) is 0.260. The number of ether oxygens (including phenoxy) is 1. The maximum absolute atomic E-state index is 15.5. The van der Waals surface area contributed by atoms with Gasteiger partial charge in [0, 0.05) is 44.8 Å². The maximum atomic E-state index is 15.5. The van der Waals surface area contributed by atoms with Crippen LogP contribution < -0.4 is 5.32 Å². The molecule has 2 aromatic heterocycles. The maximum Gasteiger partial charge on any atom is 0.247 e. The summed E-state index contributed by atoms with van der Waals surface area (Å²) in [6.07, 6.45) is 2.47. The summed E-state index contributed by atoms with van der Waals surface area (Å²) >= 11 is 5.90. The van der Waals surface area contributed by atoms with Gasteiger partial charge in [0.05, 0.1) is 25.3 Å². The number of nitrogens with zero attached hydrogens (tertiary/aromatic N) is 3. The van der Waals surface area contributed by atoms with Crippen molar-refractivity contribution in [2.75, 3.05) is 32.8 Å². The average molecular weight is 593 g/mol. The van der Waals surface area contributed by atoms with Gasteiger partial charge in [-0.3, -0.25) is 14.4 Å². The average Bonchev–Trinajstić information content (AvgIpc) is 3.67. The molecule has 1 aliphatic rings. The summed E-state index contributed by atoms with van der Waals surface area (Å²) in [4.78, 5) is 42.6. The molecule has 0 bridgehead atoms. The lowest BCUT2D eigenvalue weighted by molar-refractivity contribution is -0.147. The van der Waals surface area contributed by atoms with Gasteiger partial charge in [-0.15, -0.1) is 0 Å². The molecule has 1 fully saturated rings. The minimum Gasteiger partial charge on any atom is -0.461 e. The number of aromatic nitrogens is 1. The molecule has 4 rings (SSSR count). The van der Waals surface area contributed by atoms with Crippen molar-refractivity contribution in [3.8, 4) is 11.5 Å². The number of furan rings is 1. The van der Waals surface area contributed by atoms with Gasteiger partial charge in [0.2, 0.25) is 23.5 Å². The molecule has 3 amide bonds. The van der Waals surface area contributed by atoms with E-state index in [9.17, 15) is 18.8 Å². The van der Waals surface area contributed by atoms with Crippen LogP contribution in [0.1, 0.15) is 44.0 Å². The molecule has 0 spiro atoms. The Morgan fingerprint density at radius 2 is 2.07 bits per heavy atom. The summed E-state index contributed by atoms with van der Waals surface area (Å²) < 4.78 is 45.6. The Morgan fingerprint density at radius 1 is 1.27 bits per heavy atom. The lowest BCUT2D eigenvalue weighted by Crippen LogP contribution is -2.50. The van der Waals surface area contributed by atoms with Crippen molar-refractivity contribution < 1.29 is 36.8 Å². The first-order valence-electron chi connectivity index (χ1n) is 13.3. The first-order valence-corrected chi connectivity index (χ1v) is 13.6. The lowest BCUT2D eigenvalue weighted by atomic mass is 9.94. The second-order valence-corrected chi connectivity index (χ2v) is 9.96. The highest BCUT2D eigenvalue weighted by Gasteiger charge is 2.39. The van der Waals surface area contributed by atoms with Gasteiger partial charge in [-0.05, 0) is 38.0 Å². The van der Waals surface area contributed by atoms with E-state index in [2.05, 4.69) is 10.5 Å². The van der Waals surface area contributed by atoms with E-state index in [1.165, 1.54) is 18.1 Å². The number of hydrogen-bond acceptors (Lipinski definition) is 7. The van der Waals surface area contributed by atoms with Crippen LogP contribution >= 0.6 is 11.6 Å². The fourth-order valence-electron chi connectivity index (χ4n) is 4.78. The van der Waals surface area contributed by atoms with Gasteiger partial charge >= 0.3 is 0 Å². The van der Waals surface area contributed by atoms with Gasteiger partial charge in [0.1, 0.15) is 22.6 Å². The first kappa shape index (κ1) is 30.2. The molecule has 0 aliphatic carbocycles. The molecule has 2 atom stereocenters. The van der Waals surface area contributed by atoms with Crippen LogP contribution in [-0.4, -0.2) is 65.5 Å². The van der Waals surface area contributed by atoms with Crippen LogP contribution in [0.3, 0.4) is 0 Å². The molecule has 0 saturated carbocycles. The highest BCUT2D eigenvalue weighted by molar-refractivity contribution is 6.31. The van der Waals surface area contributed by atoms with Gasteiger partial charge < -0.3 is 28.8 Å². The number of piperidine rings is 1. The fraction of sp³-hybridized carbons (Fsp3) is 0.429. The van der Waals surface area contributed by atoms with E-state index >= 15 is 4.39 Å². The monoisotopic (exact) mass is 592 g/mol. The van der Waals surface area contributed by atoms with E-state index < -0.39 is 40.4 Å². The van der Waals surface area contributed by atoms with Crippen LogP contribution in [0.25, 0.3) is 11.5 Å². The minimum atomic E-state index is -1.56. The van der Waals surface area contributed by atoms with E-state index in [0.717, 1.165) is 12.1 Å². The SMILES string of the molecule is CCOCCNC(=O)C(c1ccc(F)c(Cl)c1F)N(Cc1cc(-c2ccco2)on1)C(=O)C1CCCN(C(C)=O)C1. The van der Waals surface area contributed by atoms with E-state index in [4.69, 9.17) is 25.3 Å². The molecule has 13 heteroatoms. The smallest absolute Gasteiger partial charge is 0.247 e. The molecular weight excluding hydrogens is 562 g/mol. The predicted molar refractivity (Wildman–Crippen MR) is 143 cm³/mol. The van der Waals surface area contributed by atoms with Crippen LogP contribution in [0.15, 0.2) is 45.5 Å². The van der Waals surface area contributed by atoms with Crippen molar-refractivity contribution in [1.82, 2.24) is 20.3 Å². The Hall–Kier alpha value is -3.77. The third-order valence-corrected chi connectivity index (χ3v) is 7.17. The largest absolute Gasteiger partial charge is 0.461 e. The van der Waals surface area contributed by atoms with Crippen molar-refractivity contribution in [1.29, 1.82) is 0 Å². The molecule has 1 N–H and O–H groups in total. The molecule has 10 nitrogen and oxygen atoms in total. The third-order valence-electron chi connectivity index (χ3n) is 6.82. The molecule has 220 valence electrons. The zero-order valence-corrected chi connectivity index (χ0v) is 23.5. The molecule has 2 unspecified atom stereocenters. The van der Waals surface area contributed by atoms with Crippen LogP contribution in [0.5, 0.6) is 0 Å². The normalized spacial score (nSPS) is 15.9. The summed E-state index contributed by atoms with van der Waals surface area (Å²) in [6, 6.07) is 5.34. The molecule has 1 aliphatic heterocycles. The summed E-state index contributed by atoms with van der Waals surface area (Å²) in [5.41, 5.74) is -0.0441. The fourth-order valence-corrected chi connectivity index (χ4v) is 4.95. The number of likely N-dealkylation sites (tertiary alicyclic amines) is 1. The number of carbonyl (C=O) groups is 3. The van der Waals surface area contributed by atoms with Gasteiger partial charge in [-0.2, -0.15) is 0 Å². The van der Waals surface area contributed by atoms with Crippen LogP contribution in [0.2, 0.25) is 5.02 Å². The second kappa shape index (κ2) is 13.7. The Bertz CT molecular complexity index is 1370. The van der Waals surface area contributed by atoms with Crippen molar-refractivity contribution in [2.45, 2.75) is 39.3 Å². The number of halogens is 3. The third kappa shape index (κ3) is 7.12. The Labute approximate surface area is 240 Å². The lowest BCUT2D eigenvalue weighted by Gasteiger charge is -2.37. The molecule has 0 radical (unpaired) electrons. The van der Waals surface area contributed by atoms with Gasteiger partial charge in [-0.1, -0.05) is 22.8 Å². The number of amides is 3. The second-order valence-electron chi connectivity index (χ2n) is 9.59. The first-order chi connectivity index (χ1) is 19.7. The molecule has 3 aromatic rings. The highest BCUT2D eigenvalue weighted by atomic mass is 35.5. The Morgan fingerprint density at radius 3 is 2.78 bits per heavy atom. The number of nitrogens with one attached hydrogen (secondary N) is 1. The van der Waals surface area contributed by atoms with E-state index in [1.807, 2.05) is 0 Å². The molecule has 1 saturated heterocycles. The topological polar surface area (TPSA) is 118 Å². The van der Waals surface area contributed by atoms with E-state index in [-0.39, 0.29) is 49.2 Å². The van der Waals surface area contributed by atoms with Crippen LogP contribution in [0, 0.1) is 17.6 Å². The van der Waals surface area contributed by atoms with Gasteiger partial charge in [-0.25, -0.2) is 8.78 Å². The zero-order valence-electron chi connectivity index (χ0n) is 22.7. The summed E-state index contributed by atoms with van der Waals surface area (Å²) in [5.74, 6) is -3.60. The zero-order chi connectivity index (χ0) is 29.5. The highest BCUT2D eigenvalue weighted by Crippen LogP contribution is 2.33. The molecular formula is C28H31ClF2N4O6. The molecule has 41 heavy (non-hydrogen) atoms. The van der Waals surface area contributed by atoms with Crippen LogP contribution in [0.4, 0.5) is 8.78 Å². The summed E-state index contributed by atoms with van der Waals surface area (Å²) in [5, 5.41) is 5.90. The number of rotatable bonds is 11. The van der Waals surface area contributed by atoms with Crippen molar-refractivity contribution in [3.05, 3.63) is 64.5 Å². The van der Waals surface area contributed by atoms with E-state index in [0.29, 0.717) is 31.8 Å². The van der Waals surface area contributed by atoms with Crippen molar-refractivity contribution in [2.24, 2.45) is 5.92 Å². The van der Waals surface area contributed by atoms with Gasteiger partial charge in [0.15, 0.2) is 11.6 Å². The minimum absolute atomic E-state index is 0.0793. The Kier molecular flexibility index (Phi) is 10.1. The number of benzene rings is 1. The van der Waals surface area contributed by atoms with Crippen molar-refractivity contribution >= 4 is 29.3 Å². The predicted octanol–water partition coefficient (Wildman–Crippen LogP) is 4.35. The van der Waals surface area contributed by atoms with Gasteiger partial charge in [0.25, 0.3) is 0 Å². The molecule has 1 aromatic carbocycles. The summed E-state index contributed by atoms with van der Waals surface area (Å²) in [7, 11) is 0. The van der Waals surface area contributed by atoms with E-state index in [1.54, 1.807) is 30.0 Å². The number of hydrogen-bond donors (Lipinski definition) is 1. The summed E-state index contributed by atoms with van der Waals surface area (Å²) in [6.45, 7) is 4.26. The molecule has 3 heterocycles. The van der Waals surface area contributed by atoms with Crippen molar-refractivity contribution in [3.63, 3.8) is 0 Å². The Balaban J connectivity index is 1.75. The standard InChI is InChI=1S/C28H31ClF2N4O6/c1-3-39-13-10-32-27(37)26(20-8-9-21(30)24(29)25(20)31)35(28(38)18-6-4-11-34(15-18)17(2)36)16-19-14-23(41-33-19)22-7-5-12-40-22/h5,7-9,12,14,18,26H,3-4,6,10-11,13,15-16H2,1-2H3,(H,32,37). The number of carbonyl (C=O) groups excluding carboxylic acids is 3. The van der Waals surface area contributed by atoms with Crippen LogP contribution in [-0.2, 0) is 25.7 Å².